The first kappa shape index (κ1) is 30.6. The topological polar surface area (TPSA) is 162 Å². The molecule has 2 heterocycles. The first-order valence-electron chi connectivity index (χ1n) is 12.7. The van der Waals surface area contributed by atoms with Crippen LogP contribution < -0.4 is 9.47 Å². The van der Waals surface area contributed by atoms with Crippen LogP contribution in [0.4, 0.5) is 9.18 Å². The van der Waals surface area contributed by atoms with Gasteiger partial charge in [-0.05, 0) is 53.2 Å². The van der Waals surface area contributed by atoms with Crippen LogP contribution in [0.1, 0.15) is 57.5 Å². The molecule has 0 amide bonds. The van der Waals surface area contributed by atoms with Gasteiger partial charge in [-0.15, -0.1) is 5.10 Å². The third-order valence-corrected chi connectivity index (χ3v) is 6.11. The zero-order valence-electron chi connectivity index (χ0n) is 22.8. The lowest BCUT2D eigenvalue weighted by Crippen LogP contribution is -2.67. The molecule has 0 unspecified atom stereocenters. The summed E-state index contributed by atoms with van der Waals surface area (Å²) < 4.78 is 42.7. The monoisotopic (exact) mass is 556 g/mol. The van der Waals surface area contributed by atoms with Crippen LogP contribution >= 0.6 is 0 Å². The number of halogens is 1. The van der Waals surface area contributed by atoms with Crippen molar-refractivity contribution in [1.82, 2.24) is 9.78 Å². The molecule has 1 aromatic heterocycles. The molecule has 0 saturated carbocycles. The Bertz CT molecular complexity index is 1140. The SMILES string of the molecule is CCOC(=O)OC[C@H]1O[C@@](O)(Oc2nn(C(C)C)c(C)c2Cc2ccc(OC(C)C)cc2F)[C@H](O)[C@@H](O)[C@@H]1O. The highest BCUT2D eigenvalue weighted by atomic mass is 19.1. The third kappa shape index (κ3) is 6.97. The van der Waals surface area contributed by atoms with Crippen LogP contribution in [0.15, 0.2) is 18.2 Å². The summed E-state index contributed by atoms with van der Waals surface area (Å²) in [4.78, 5) is 11.6. The third-order valence-electron chi connectivity index (χ3n) is 6.11. The lowest BCUT2D eigenvalue weighted by molar-refractivity contribution is -0.423. The molecule has 0 bridgehead atoms. The van der Waals surface area contributed by atoms with E-state index in [2.05, 4.69) is 9.84 Å². The zero-order valence-corrected chi connectivity index (χ0v) is 22.8. The van der Waals surface area contributed by atoms with Gasteiger partial charge in [-0.3, -0.25) is 4.68 Å². The molecular formula is C26H37FN2O10. The minimum atomic E-state index is -2.91. The van der Waals surface area contributed by atoms with Crippen LogP contribution in [0.2, 0.25) is 0 Å². The molecule has 0 aliphatic carbocycles. The maximum atomic E-state index is 15.0. The van der Waals surface area contributed by atoms with E-state index in [1.54, 1.807) is 30.7 Å². The predicted molar refractivity (Wildman–Crippen MR) is 134 cm³/mol. The van der Waals surface area contributed by atoms with Crippen molar-refractivity contribution in [2.75, 3.05) is 13.2 Å². The standard InChI is InChI=1S/C26H37FN2O10/c1-7-35-25(33)36-12-20-21(30)22(31)23(32)26(34,38-20)39-24-18(15(6)29(28-24)13(2)3)10-16-8-9-17(11-19(16)27)37-14(4)5/h8-9,11,13-14,20-23,30-32,34H,7,10,12H2,1-6H3/t20-,21-,22+,23-,26-/m1/s1. The molecule has 5 atom stereocenters. The highest BCUT2D eigenvalue weighted by molar-refractivity contribution is 5.59. The fraction of sp³-hybridized carbons (Fsp3) is 0.615. The zero-order chi connectivity index (χ0) is 29.1. The first-order valence-corrected chi connectivity index (χ1v) is 12.7. The second kappa shape index (κ2) is 12.5. The smallest absolute Gasteiger partial charge is 0.491 e. The van der Waals surface area contributed by atoms with Crippen molar-refractivity contribution >= 4 is 6.16 Å². The average Bonchev–Trinajstić information content (AvgIpc) is 3.15. The Kier molecular flexibility index (Phi) is 9.78. The highest BCUT2D eigenvalue weighted by Gasteiger charge is 2.56. The molecule has 12 nitrogen and oxygen atoms in total. The molecule has 39 heavy (non-hydrogen) atoms. The van der Waals surface area contributed by atoms with E-state index in [-0.39, 0.29) is 36.6 Å². The number of carbonyl (C=O) groups is 1. The van der Waals surface area contributed by atoms with Crippen LogP contribution in [0.25, 0.3) is 0 Å². The Morgan fingerprint density at radius 2 is 1.87 bits per heavy atom. The number of aliphatic hydroxyl groups excluding tert-OH is 3. The molecule has 218 valence electrons. The number of carbonyl (C=O) groups excluding carboxylic acids is 1. The van der Waals surface area contributed by atoms with E-state index in [1.165, 1.54) is 6.07 Å². The molecule has 1 aromatic carbocycles. The van der Waals surface area contributed by atoms with Gasteiger partial charge in [0.2, 0.25) is 5.88 Å². The van der Waals surface area contributed by atoms with Crippen molar-refractivity contribution in [2.24, 2.45) is 0 Å². The number of ether oxygens (including phenoxy) is 5. The Balaban J connectivity index is 1.92. The van der Waals surface area contributed by atoms with Crippen LogP contribution in [0, 0.1) is 12.7 Å². The second-order valence-electron chi connectivity index (χ2n) is 9.81. The summed E-state index contributed by atoms with van der Waals surface area (Å²) in [6.07, 6.45) is -8.53. The van der Waals surface area contributed by atoms with Gasteiger partial charge in [0.05, 0.1) is 12.7 Å². The lowest BCUT2D eigenvalue weighted by atomic mass is 9.97. The summed E-state index contributed by atoms with van der Waals surface area (Å²) in [5, 5.41) is 46.8. The molecule has 1 aliphatic heterocycles. The van der Waals surface area contributed by atoms with Crippen molar-refractivity contribution in [2.45, 2.75) is 90.5 Å². The fourth-order valence-corrected chi connectivity index (χ4v) is 4.17. The Morgan fingerprint density at radius 1 is 1.18 bits per heavy atom. The van der Waals surface area contributed by atoms with Crippen LogP contribution in [-0.4, -0.2) is 86.1 Å². The molecule has 1 saturated heterocycles. The van der Waals surface area contributed by atoms with Crippen molar-refractivity contribution in [3.8, 4) is 11.6 Å². The molecule has 3 rings (SSSR count). The van der Waals surface area contributed by atoms with Gasteiger partial charge in [-0.2, -0.15) is 0 Å². The Labute approximate surface area is 225 Å². The number of aromatic nitrogens is 2. The summed E-state index contributed by atoms with van der Waals surface area (Å²) in [7, 11) is 0. The van der Waals surface area contributed by atoms with E-state index in [0.29, 0.717) is 17.0 Å². The number of hydrogen-bond donors (Lipinski definition) is 4. The van der Waals surface area contributed by atoms with Crippen molar-refractivity contribution in [3.05, 3.63) is 40.8 Å². The van der Waals surface area contributed by atoms with Gasteiger partial charge in [-0.25, -0.2) is 9.18 Å². The van der Waals surface area contributed by atoms with Gasteiger partial charge in [0.1, 0.15) is 36.5 Å². The van der Waals surface area contributed by atoms with Crippen LogP contribution in [0.5, 0.6) is 11.6 Å². The summed E-state index contributed by atoms with van der Waals surface area (Å²) in [5.41, 5.74) is 1.26. The summed E-state index contributed by atoms with van der Waals surface area (Å²) >= 11 is 0. The number of hydrogen-bond acceptors (Lipinski definition) is 11. The highest BCUT2D eigenvalue weighted by Crippen LogP contribution is 2.35. The van der Waals surface area contributed by atoms with E-state index < -0.39 is 49.0 Å². The van der Waals surface area contributed by atoms with Gasteiger partial charge < -0.3 is 44.1 Å². The summed E-state index contributed by atoms with van der Waals surface area (Å²) in [6.45, 7) is 10.1. The van der Waals surface area contributed by atoms with Gasteiger partial charge in [-0.1, -0.05) is 6.07 Å². The maximum Gasteiger partial charge on any atom is 0.508 e. The molecule has 1 aliphatic rings. The molecule has 0 radical (unpaired) electrons. The molecule has 13 heteroatoms. The number of benzene rings is 1. The fourth-order valence-electron chi connectivity index (χ4n) is 4.17. The van der Waals surface area contributed by atoms with Gasteiger partial charge in [0.15, 0.2) is 6.10 Å². The Hall–Kier alpha value is -2.97. The minimum Gasteiger partial charge on any atom is -0.491 e. The van der Waals surface area contributed by atoms with E-state index in [4.69, 9.17) is 18.9 Å². The molecule has 1 fully saturated rings. The summed E-state index contributed by atoms with van der Waals surface area (Å²) in [6, 6.07) is 4.31. The molecule has 2 aromatic rings. The number of nitrogens with zero attached hydrogens (tertiary/aromatic N) is 2. The van der Waals surface area contributed by atoms with Gasteiger partial charge in [0, 0.05) is 29.8 Å². The largest absolute Gasteiger partial charge is 0.508 e. The number of rotatable bonds is 10. The first-order chi connectivity index (χ1) is 18.3. The maximum absolute atomic E-state index is 15.0. The molecular weight excluding hydrogens is 519 g/mol. The van der Waals surface area contributed by atoms with E-state index >= 15 is 0 Å². The number of aliphatic hydroxyl groups is 4. The summed E-state index contributed by atoms with van der Waals surface area (Å²) in [5.74, 6) is -3.27. The van der Waals surface area contributed by atoms with Crippen LogP contribution in [0.3, 0.4) is 0 Å². The van der Waals surface area contributed by atoms with Crippen molar-refractivity contribution < 1.29 is 53.3 Å². The van der Waals surface area contributed by atoms with Crippen LogP contribution in [-0.2, 0) is 20.6 Å². The van der Waals surface area contributed by atoms with E-state index in [0.717, 1.165) is 0 Å². The average molecular weight is 557 g/mol. The predicted octanol–water partition coefficient (Wildman–Crippen LogP) is 1.97. The molecule has 0 spiro atoms. The minimum absolute atomic E-state index is 0.00553. The Morgan fingerprint density at radius 3 is 2.46 bits per heavy atom. The lowest BCUT2D eigenvalue weighted by Gasteiger charge is -2.44. The van der Waals surface area contributed by atoms with E-state index in [9.17, 15) is 29.6 Å². The quantitative estimate of drug-likeness (QED) is 0.250. The normalized spacial score (nSPS) is 25.2. The van der Waals surface area contributed by atoms with Crippen molar-refractivity contribution in [3.63, 3.8) is 0 Å². The second-order valence-corrected chi connectivity index (χ2v) is 9.81. The van der Waals surface area contributed by atoms with Gasteiger partial charge in [0.25, 0.3) is 0 Å². The molecule has 4 N–H and O–H groups in total. The van der Waals surface area contributed by atoms with E-state index in [1.807, 2.05) is 27.7 Å². The van der Waals surface area contributed by atoms with Crippen molar-refractivity contribution in [1.29, 1.82) is 0 Å². The van der Waals surface area contributed by atoms with Gasteiger partial charge >= 0.3 is 12.1 Å².